The van der Waals surface area contributed by atoms with Crippen LogP contribution in [0.25, 0.3) is 0 Å². The third-order valence-electron chi connectivity index (χ3n) is 15.1. The number of allylic oxidation sites excluding steroid dienone is 24. The molecule has 0 saturated heterocycles. The number of aryl methyl sites for hydroxylation is 4. The van der Waals surface area contributed by atoms with E-state index in [1.165, 1.54) is 44.5 Å². The number of rotatable bonds is 4. The summed E-state index contributed by atoms with van der Waals surface area (Å²) in [5, 5.41) is 0. The first-order chi connectivity index (χ1) is 35.4. The summed E-state index contributed by atoms with van der Waals surface area (Å²) < 4.78 is 0. The summed E-state index contributed by atoms with van der Waals surface area (Å²) in [5.41, 5.74) is 59.1. The molecule has 9 aliphatic rings. The molecule has 0 aromatic heterocycles. The average molecular weight is 913 g/mol. The highest BCUT2D eigenvalue weighted by Gasteiger charge is 2.44. The lowest BCUT2D eigenvalue weighted by Gasteiger charge is -2.24. The first kappa shape index (κ1) is 43.0. The van der Waals surface area contributed by atoms with Crippen molar-refractivity contribution in [2.45, 2.75) is 51.4 Å². The molecule has 4 aromatic rings. The largest absolute Gasteiger partial charge is 0.111 e. The van der Waals surface area contributed by atoms with Gasteiger partial charge in [-0.3, -0.25) is 0 Å². The Kier molecular flexibility index (Phi) is 10.4. The Labute approximate surface area is 423 Å². The zero-order valence-corrected chi connectivity index (χ0v) is 40.8. The highest BCUT2D eigenvalue weighted by atomic mass is 14.4. The second-order valence-electron chi connectivity index (χ2n) is 19.8. The molecular formula is C72H48. The summed E-state index contributed by atoms with van der Waals surface area (Å²) in [6.07, 6.45) is 34.3. The third kappa shape index (κ3) is 7.16. The van der Waals surface area contributed by atoms with E-state index < -0.39 is 0 Å². The van der Waals surface area contributed by atoms with Crippen molar-refractivity contribution in [2.75, 3.05) is 0 Å². The lowest BCUT2D eigenvalue weighted by molar-refractivity contribution is 0.953. The standard InChI is InChI=1S/C72H48/c1-45-25-33-49(34-26-45)69-61-41-63(55-19-11-5-9-17-53(55)61)70(50-35-27-46(2)28-36-50)65-43-67(59-23-15-7-13-21-57(59)65)72(52-39-31-48(4)32-40-52)68-44-66(58-22-14-8-16-24-60(58)68)71(51-37-29-47(3)30-38-51)64-42-62(69)54-18-10-6-12-20-56(54)64/h5-17,20-21,24-40,69-72H,1-4H3. The van der Waals surface area contributed by atoms with Crippen LogP contribution in [0.15, 0.2) is 329 Å². The number of hydrogen-bond donors (Lipinski definition) is 0. The van der Waals surface area contributed by atoms with Crippen LogP contribution in [0.2, 0.25) is 0 Å². The van der Waals surface area contributed by atoms with Crippen molar-refractivity contribution in [3.63, 3.8) is 0 Å². The molecule has 0 heterocycles. The van der Waals surface area contributed by atoms with Crippen molar-refractivity contribution in [2.24, 2.45) is 0 Å². The summed E-state index contributed by atoms with van der Waals surface area (Å²) in [4.78, 5) is 0. The van der Waals surface area contributed by atoms with Crippen molar-refractivity contribution in [1.29, 1.82) is 0 Å². The van der Waals surface area contributed by atoms with Crippen LogP contribution in [0.4, 0.5) is 0 Å². The Morgan fingerprint density at radius 3 is 0.667 bits per heavy atom. The maximum absolute atomic E-state index is 4.28. The van der Waals surface area contributed by atoms with Crippen molar-refractivity contribution >= 4 is 0 Å². The summed E-state index contributed by atoms with van der Waals surface area (Å²) in [6.45, 7) is 8.65. The molecule has 1 fully saturated rings. The second-order valence-corrected chi connectivity index (χ2v) is 19.8. The number of hydrogen-bond acceptors (Lipinski definition) is 0. The van der Waals surface area contributed by atoms with E-state index in [9.17, 15) is 0 Å². The van der Waals surface area contributed by atoms with E-state index in [0.717, 1.165) is 89.2 Å². The van der Waals surface area contributed by atoms with Crippen LogP contribution in [0.1, 0.15) is 68.2 Å². The van der Waals surface area contributed by atoms with E-state index in [0.29, 0.717) is 0 Å². The van der Waals surface area contributed by atoms with Crippen LogP contribution < -0.4 is 0 Å². The van der Waals surface area contributed by atoms with E-state index in [2.05, 4.69) is 268 Å². The molecule has 0 amide bonds. The molecule has 4 aromatic carbocycles. The van der Waals surface area contributed by atoms with Crippen molar-refractivity contribution in [1.82, 2.24) is 0 Å². The molecule has 0 N–H and O–H groups in total. The molecule has 13 rings (SSSR count). The lowest BCUT2D eigenvalue weighted by atomic mass is 9.76. The van der Waals surface area contributed by atoms with Gasteiger partial charge in [0, 0.05) is 89.2 Å². The second kappa shape index (κ2) is 17.4. The van der Waals surface area contributed by atoms with Crippen LogP contribution >= 0.6 is 0 Å². The van der Waals surface area contributed by atoms with Crippen LogP contribution in [0, 0.1) is 27.7 Å². The van der Waals surface area contributed by atoms with Gasteiger partial charge in [0.05, 0.1) is 23.7 Å². The minimum absolute atomic E-state index is 0.272. The monoisotopic (exact) mass is 912 g/mol. The van der Waals surface area contributed by atoms with E-state index in [4.69, 9.17) is 0 Å². The van der Waals surface area contributed by atoms with Crippen molar-refractivity contribution in [3.05, 3.63) is 374 Å². The molecule has 9 aliphatic carbocycles. The molecule has 0 spiro atoms. The first-order valence-corrected chi connectivity index (χ1v) is 25.1. The van der Waals surface area contributed by atoms with Gasteiger partial charge in [0.2, 0.25) is 0 Å². The smallest absolute Gasteiger partial charge is 0.0505 e. The van der Waals surface area contributed by atoms with E-state index in [1.807, 2.05) is 0 Å². The third-order valence-corrected chi connectivity index (χ3v) is 15.1. The lowest BCUT2D eigenvalue weighted by Crippen LogP contribution is -2.11. The predicted octanol–water partition coefficient (Wildman–Crippen LogP) is 16.5. The normalized spacial score (nSPS) is 22.4. The quantitative estimate of drug-likeness (QED) is 0.179. The minimum atomic E-state index is -0.272. The minimum Gasteiger partial charge on any atom is -0.111 e. The number of benzene rings is 4. The summed E-state index contributed by atoms with van der Waals surface area (Å²) in [5.74, 6) is -1.09. The Morgan fingerprint density at radius 1 is 0.250 bits per heavy atom. The summed E-state index contributed by atoms with van der Waals surface area (Å²) >= 11 is 0. The van der Waals surface area contributed by atoms with Gasteiger partial charge in [0.25, 0.3) is 0 Å². The topological polar surface area (TPSA) is 0 Å². The van der Waals surface area contributed by atoms with Gasteiger partial charge in [0.1, 0.15) is 0 Å². The Morgan fingerprint density at radius 2 is 0.458 bits per heavy atom. The molecule has 1 saturated carbocycles. The fraction of sp³-hybridized carbons (Fsp3) is 0.111. The predicted molar refractivity (Wildman–Crippen MR) is 293 cm³/mol. The van der Waals surface area contributed by atoms with Gasteiger partial charge < -0.3 is 0 Å². The Hall–Kier alpha value is -9.04. The van der Waals surface area contributed by atoms with Gasteiger partial charge in [-0.2, -0.15) is 0 Å². The molecule has 336 valence electrons. The molecule has 4 unspecified atom stereocenters. The van der Waals surface area contributed by atoms with Crippen LogP contribution in [0.5, 0.6) is 0 Å². The van der Waals surface area contributed by atoms with E-state index in [-0.39, 0.29) is 23.7 Å². The maximum atomic E-state index is 4.28. The molecule has 8 bridgehead atoms. The first-order valence-electron chi connectivity index (χ1n) is 25.1. The molecule has 4 atom stereocenters. The Bertz CT molecular complexity index is 3480. The van der Waals surface area contributed by atoms with Gasteiger partial charge in [-0.1, -0.05) is 192 Å². The maximum Gasteiger partial charge on any atom is 0.0505 e. The highest BCUT2D eigenvalue weighted by molar-refractivity contribution is 5.81. The van der Waals surface area contributed by atoms with Gasteiger partial charge in [-0.25, -0.2) is 0 Å². The van der Waals surface area contributed by atoms with Gasteiger partial charge >= 0.3 is 0 Å². The summed E-state index contributed by atoms with van der Waals surface area (Å²) in [7, 11) is 0. The van der Waals surface area contributed by atoms with E-state index >= 15 is 0 Å². The molecular weight excluding hydrogens is 865 g/mol. The Balaban J connectivity index is 1.25. The van der Waals surface area contributed by atoms with Crippen molar-refractivity contribution < 1.29 is 0 Å². The molecule has 72 heavy (non-hydrogen) atoms. The SMILES string of the molecule is Cc1ccc(C2C3=C=C(C4=CC=CC=C=C34)C(c3ccc(C)cc3)C3=C=C(C4=CC=CC=C=C34)C(c3ccc(C)cc3)C3=C=C(C4=CC=CC=C=C34)C(c3ccc(C)cc3)C3=C=C2C2=CC=CC=C=C32)cc1. The zero-order valence-electron chi connectivity index (χ0n) is 40.8. The summed E-state index contributed by atoms with van der Waals surface area (Å²) in [6, 6.07) is 36.3. The fourth-order valence-electron chi connectivity index (χ4n) is 11.6. The average Bonchev–Trinajstić information content (AvgIpc) is 3.79. The van der Waals surface area contributed by atoms with Crippen LogP contribution in [-0.4, -0.2) is 0 Å². The van der Waals surface area contributed by atoms with Gasteiger partial charge in [-0.05, 0) is 74.3 Å². The molecule has 0 aliphatic heterocycles. The molecule has 0 nitrogen and oxygen atoms in total. The van der Waals surface area contributed by atoms with Crippen LogP contribution in [0.3, 0.4) is 0 Å². The van der Waals surface area contributed by atoms with E-state index in [1.54, 1.807) is 0 Å². The van der Waals surface area contributed by atoms with Crippen LogP contribution in [-0.2, 0) is 0 Å². The van der Waals surface area contributed by atoms with Gasteiger partial charge in [-0.15, -0.1) is 45.8 Å². The molecule has 0 heteroatoms. The van der Waals surface area contributed by atoms with Gasteiger partial charge in [0.15, 0.2) is 0 Å². The van der Waals surface area contributed by atoms with Crippen molar-refractivity contribution in [3.8, 4) is 0 Å². The highest BCUT2D eigenvalue weighted by Crippen LogP contribution is 2.58. The zero-order chi connectivity index (χ0) is 48.5. The fourth-order valence-corrected chi connectivity index (χ4v) is 11.6. The molecule has 0 radical (unpaired) electrons.